The Labute approximate surface area is 93.6 Å². The Hall–Kier alpha value is -0.710. The van der Waals surface area contributed by atoms with Crippen LogP contribution in [-0.2, 0) is 9.47 Å². The van der Waals surface area contributed by atoms with Crippen molar-refractivity contribution in [3.63, 3.8) is 0 Å². The Kier molecular flexibility index (Phi) is 2.66. The summed E-state index contributed by atoms with van der Waals surface area (Å²) in [6.45, 7) is 5.74. The molecule has 0 aromatic carbocycles. The van der Waals surface area contributed by atoms with Gasteiger partial charge in [-0.2, -0.15) is 0 Å². The van der Waals surface area contributed by atoms with E-state index in [9.17, 15) is 0 Å². The molecule has 0 radical (unpaired) electrons. The maximum absolute atomic E-state index is 5.74. The molecule has 1 aliphatic heterocycles. The minimum atomic E-state index is -0.552. The first-order chi connectivity index (χ1) is 6.98. The zero-order chi connectivity index (χ0) is 11.1. The zero-order valence-corrected chi connectivity index (χ0v) is 9.65. The van der Waals surface area contributed by atoms with Crippen molar-refractivity contribution in [3.05, 3.63) is 23.2 Å². The number of ether oxygens (including phenoxy) is 2. The van der Waals surface area contributed by atoms with Crippen molar-refractivity contribution in [1.29, 1.82) is 0 Å². The maximum Gasteiger partial charge on any atom is 0.222 e. The number of hydrogen-bond acceptors (Lipinski definition) is 4. The molecule has 2 rings (SSSR count). The normalized spacial score (nSPS) is 29.3. The van der Waals surface area contributed by atoms with E-state index in [0.29, 0.717) is 0 Å². The van der Waals surface area contributed by atoms with Crippen molar-refractivity contribution in [2.75, 3.05) is 0 Å². The fourth-order valence-electron chi connectivity index (χ4n) is 1.75. The van der Waals surface area contributed by atoms with Gasteiger partial charge in [0.2, 0.25) is 5.28 Å². The summed E-state index contributed by atoms with van der Waals surface area (Å²) in [7, 11) is 0. The summed E-state index contributed by atoms with van der Waals surface area (Å²) in [5.74, 6) is -0.552. The molecule has 82 valence electrons. The number of nitrogens with zero attached hydrogens (tertiary/aromatic N) is 2. The molecule has 2 unspecified atom stereocenters. The Morgan fingerprint density at radius 1 is 1.27 bits per heavy atom. The molecule has 0 spiro atoms. The second kappa shape index (κ2) is 3.70. The number of halogens is 1. The van der Waals surface area contributed by atoms with E-state index >= 15 is 0 Å². The van der Waals surface area contributed by atoms with Gasteiger partial charge < -0.3 is 9.47 Å². The predicted octanol–water partition coefficient (Wildman–Crippen LogP) is 2.34. The highest BCUT2D eigenvalue weighted by Gasteiger charge is 2.39. The van der Waals surface area contributed by atoms with Gasteiger partial charge in [-0.15, -0.1) is 0 Å². The lowest BCUT2D eigenvalue weighted by atomic mass is 10.1. The van der Waals surface area contributed by atoms with Crippen molar-refractivity contribution >= 4 is 11.6 Å². The monoisotopic (exact) mass is 228 g/mol. The Morgan fingerprint density at radius 3 is 2.33 bits per heavy atom. The van der Waals surface area contributed by atoms with Crippen LogP contribution in [0, 0.1) is 0 Å². The largest absolute Gasteiger partial charge is 0.344 e. The zero-order valence-electron chi connectivity index (χ0n) is 8.90. The molecule has 5 heteroatoms. The average Bonchev–Trinajstić information content (AvgIpc) is 2.41. The number of rotatable bonds is 1. The third-order valence-electron chi connectivity index (χ3n) is 2.28. The minimum absolute atomic E-state index is 0.00947. The van der Waals surface area contributed by atoms with E-state index in [1.165, 1.54) is 0 Å². The second-order valence-electron chi connectivity index (χ2n) is 4.05. The molecular formula is C10H13ClN2O2. The second-order valence-corrected chi connectivity index (χ2v) is 4.38. The van der Waals surface area contributed by atoms with Crippen molar-refractivity contribution in [3.8, 4) is 0 Å². The molecule has 1 aromatic heterocycles. The first-order valence-electron chi connectivity index (χ1n) is 4.81. The fraction of sp³-hybridized carbons (Fsp3) is 0.600. The molecule has 1 saturated heterocycles. The van der Waals surface area contributed by atoms with E-state index in [1.807, 2.05) is 20.8 Å². The topological polar surface area (TPSA) is 44.2 Å². The minimum Gasteiger partial charge on any atom is -0.344 e. The molecule has 0 aliphatic carbocycles. The van der Waals surface area contributed by atoms with Crippen LogP contribution in [-0.4, -0.2) is 21.9 Å². The van der Waals surface area contributed by atoms with Crippen LogP contribution in [0.15, 0.2) is 12.4 Å². The summed E-state index contributed by atoms with van der Waals surface area (Å²) in [6.07, 6.45) is 3.20. The maximum atomic E-state index is 5.74. The SMILES string of the molecule is CC1OC(C)(C)OC1c1cnc(Cl)nc1. The lowest BCUT2D eigenvalue weighted by Crippen LogP contribution is -2.20. The molecule has 0 saturated carbocycles. The molecule has 1 fully saturated rings. The molecule has 4 nitrogen and oxygen atoms in total. The molecule has 2 atom stereocenters. The van der Waals surface area contributed by atoms with Gasteiger partial charge in [0.25, 0.3) is 0 Å². The van der Waals surface area contributed by atoms with Crippen LogP contribution in [0.5, 0.6) is 0 Å². The van der Waals surface area contributed by atoms with E-state index < -0.39 is 5.79 Å². The molecule has 1 aromatic rings. The molecule has 0 bridgehead atoms. The molecule has 0 amide bonds. The predicted molar refractivity (Wildman–Crippen MR) is 55.5 cm³/mol. The quantitative estimate of drug-likeness (QED) is 0.692. The standard InChI is InChI=1S/C10H13ClN2O2/c1-6-8(15-10(2,3)14-6)7-4-12-9(11)13-5-7/h4-6,8H,1-3H3. The van der Waals surface area contributed by atoms with E-state index in [1.54, 1.807) is 12.4 Å². The summed E-state index contributed by atoms with van der Waals surface area (Å²) >= 11 is 5.62. The van der Waals surface area contributed by atoms with E-state index in [2.05, 4.69) is 9.97 Å². The highest BCUT2D eigenvalue weighted by Crippen LogP contribution is 2.37. The van der Waals surface area contributed by atoms with Gasteiger partial charge in [-0.25, -0.2) is 9.97 Å². The lowest BCUT2D eigenvalue weighted by molar-refractivity contribution is -0.145. The van der Waals surface area contributed by atoms with Crippen LogP contribution < -0.4 is 0 Å². The smallest absolute Gasteiger partial charge is 0.222 e. The van der Waals surface area contributed by atoms with Crippen LogP contribution in [0.1, 0.15) is 32.4 Å². The Morgan fingerprint density at radius 2 is 1.87 bits per heavy atom. The molecule has 2 heterocycles. The third kappa shape index (κ3) is 2.27. The van der Waals surface area contributed by atoms with Gasteiger partial charge in [-0.3, -0.25) is 0 Å². The first kappa shape index (κ1) is 10.8. The van der Waals surface area contributed by atoms with Gasteiger partial charge in [-0.1, -0.05) is 0 Å². The van der Waals surface area contributed by atoms with Crippen molar-refractivity contribution < 1.29 is 9.47 Å². The number of hydrogen-bond donors (Lipinski definition) is 0. The fourth-order valence-corrected chi connectivity index (χ4v) is 1.84. The van der Waals surface area contributed by atoms with E-state index in [0.717, 1.165) is 5.56 Å². The van der Waals surface area contributed by atoms with E-state index in [4.69, 9.17) is 21.1 Å². The molecule has 0 N–H and O–H groups in total. The van der Waals surface area contributed by atoms with Crippen molar-refractivity contribution in [2.45, 2.75) is 38.8 Å². The Bertz CT molecular complexity index is 353. The van der Waals surface area contributed by atoms with Crippen LogP contribution in [0.25, 0.3) is 0 Å². The summed E-state index contributed by atoms with van der Waals surface area (Å²) in [5, 5.41) is 0.240. The number of aromatic nitrogens is 2. The molecule has 15 heavy (non-hydrogen) atoms. The van der Waals surface area contributed by atoms with Gasteiger partial charge in [0, 0.05) is 18.0 Å². The van der Waals surface area contributed by atoms with Gasteiger partial charge >= 0.3 is 0 Å². The van der Waals surface area contributed by atoms with Crippen LogP contribution in [0.2, 0.25) is 5.28 Å². The highest BCUT2D eigenvalue weighted by atomic mass is 35.5. The van der Waals surface area contributed by atoms with Crippen molar-refractivity contribution in [2.24, 2.45) is 0 Å². The molecular weight excluding hydrogens is 216 g/mol. The average molecular weight is 229 g/mol. The van der Waals surface area contributed by atoms with Crippen molar-refractivity contribution in [1.82, 2.24) is 9.97 Å². The third-order valence-corrected chi connectivity index (χ3v) is 2.47. The van der Waals surface area contributed by atoms with Gasteiger partial charge in [0.05, 0.1) is 6.10 Å². The summed E-state index contributed by atoms with van der Waals surface area (Å²) in [6, 6.07) is 0. The highest BCUT2D eigenvalue weighted by molar-refractivity contribution is 6.28. The Balaban J connectivity index is 2.21. The van der Waals surface area contributed by atoms with Gasteiger partial charge in [-0.05, 0) is 32.4 Å². The summed E-state index contributed by atoms with van der Waals surface area (Å²) < 4.78 is 11.4. The van der Waals surface area contributed by atoms with Crippen LogP contribution >= 0.6 is 11.6 Å². The molecule has 1 aliphatic rings. The summed E-state index contributed by atoms with van der Waals surface area (Å²) in [4.78, 5) is 7.85. The lowest BCUT2D eigenvalue weighted by Gasteiger charge is -2.16. The van der Waals surface area contributed by atoms with Crippen LogP contribution in [0.3, 0.4) is 0 Å². The van der Waals surface area contributed by atoms with Gasteiger partial charge in [0.15, 0.2) is 5.79 Å². The van der Waals surface area contributed by atoms with E-state index in [-0.39, 0.29) is 17.5 Å². The van der Waals surface area contributed by atoms with Gasteiger partial charge in [0.1, 0.15) is 6.10 Å². The van der Waals surface area contributed by atoms with Crippen LogP contribution in [0.4, 0.5) is 0 Å². The first-order valence-corrected chi connectivity index (χ1v) is 5.19. The summed E-state index contributed by atoms with van der Waals surface area (Å²) in [5.41, 5.74) is 0.887.